The molecule has 76 valence electrons. The number of aliphatic carboxylic acids is 1. The average Bonchev–Trinajstić information content (AvgIpc) is 2.25. The van der Waals surface area contributed by atoms with Crippen LogP contribution in [0, 0.1) is 0 Å². The van der Waals surface area contributed by atoms with Crippen molar-refractivity contribution in [1.82, 2.24) is 0 Å². The summed E-state index contributed by atoms with van der Waals surface area (Å²) in [4.78, 5) is 20.5. The van der Waals surface area contributed by atoms with E-state index in [9.17, 15) is 9.59 Å². The van der Waals surface area contributed by atoms with E-state index in [1.54, 1.807) is 36.4 Å². The molecule has 0 saturated carbocycles. The summed E-state index contributed by atoms with van der Waals surface area (Å²) in [7, 11) is 0. The van der Waals surface area contributed by atoms with Gasteiger partial charge >= 0.3 is 5.97 Å². The first-order valence-corrected chi connectivity index (χ1v) is 4.35. The molecule has 0 aliphatic carbocycles. The zero-order valence-electron chi connectivity index (χ0n) is 7.96. The van der Waals surface area contributed by atoms with Crippen molar-refractivity contribution in [3.63, 3.8) is 0 Å². The SMILES string of the molecule is O=Cc1ccc(C=CC=CC(=O)O)cc1. The molecule has 0 saturated heterocycles. The average molecular weight is 202 g/mol. The largest absolute Gasteiger partial charge is 0.478 e. The van der Waals surface area contributed by atoms with Crippen LogP contribution in [0.25, 0.3) is 6.08 Å². The van der Waals surface area contributed by atoms with E-state index in [0.717, 1.165) is 17.9 Å². The van der Waals surface area contributed by atoms with E-state index in [0.29, 0.717) is 5.56 Å². The molecule has 3 nitrogen and oxygen atoms in total. The highest BCUT2D eigenvalue weighted by molar-refractivity contribution is 5.80. The molecule has 1 rings (SSSR count). The molecule has 0 heterocycles. The maximum atomic E-state index is 10.4. The predicted octanol–water partition coefficient (Wildman–Crippen LogP) is 2.15. The highest BCUT2D eigenvalue weighted by atomic mass is 16.4. The molecule has 0 aliphatic heterocycles. The molecule has 0 atom stereocenters. The van der Waals surface area contributed by atoms with Gasteiger partial charge in [0.15, 0.2) is 0 Å². The number of carboxylic acid groups (broad SMARTS) is 1. The van der Waals surface area contributed by atoms with Gasteiger partial charge in [0.05, 0.1) is 0 Å². The monoisotopic (exact) mass is 202 g/mol. The van der Waals surface area contributed by atoms with Crippen LogP contribution in [-0.4, -0.2) is 17.4 Å². The van der Waals surface area contributed by atoms with E-state index in [1.807, 2.05) is 0 Å². The molecule has 0 unspecified atom stereocenters. The first kappa shape index (κ1) is 10.9. The summed E-state index contributed by atoms with van der Waals surface area (Å²) in [5.74, 6) is -0.976. The summed E-state index contributed by atoms with van der Waals surface area (Å²) in [6, 6.07) is 6.98. The molecule has 0 aliphatic rings. The zero-order chi connectivity index (χ0) is 11.1. The van der Waals surface area contributed by atoms with Crippen molar-refractivity contribution in [3.05, 3.63) is 53.6 Å². The third-order valence-electron chi connectivity index (χ3n) is 1.71. The number of carbonyl (C=O) groups excluding carboxylic acids is 1. The Morgan fingerprint density at radius 2 is 1.67 bits per heavy atom. The molecular weight excluding hydrogens is 192 g/mol. The van der Waals surface area contributed by atoms with Crippen LogP contribution < -0.4 is 0 Å². The first-order valence-electron chi connectivity index (χ1n) is 4.35. The van der Waals surface area contributed by atoms with E-state index in [1.165, 1.54) is 6.08 Å². The third-order valence-corrected chi connectivity index (χ3v) is 1.71. The minimum absolute atomic E-state index is 0.619. The number of allylic oxidation sites excluding steroid dienone is 2. The summed E-state index contributed by atoms with van der Waals surface area (Å²) in [5, 5.41) is 8.32. The zero-order valence-corrected chi connectivity index (χ0v) is 7.96. The Morgan fingerprint density at radius 1 is 1.07 bits per heavy atom. The Hall–Kier alpha value is -2.16. The van der Waals surface area contributed by atoms with Gasteiger partial charge in [-0.25, -0.2) is 4.79 Å². The van der Waals surface area contributed by atoms with Gasteiger partial charge in [-0.15, -0.1) is 0 Å². The number of aldehydes is 1. The van der Waals surface area contributed by atoms with Crippen LogP contribution >= 0.6 is 0 Å². The fourth-order valence-electron chi connectivity index (χ4n) is 0.990. The summed E-state index contributed by atoms with van der Waals surface area (Å²) in [5.41, 5.74) is 1.53. The number of carbonyl (C=O) groups is 2. The molecule has 0 amide bonds. The van der Waals surface area contributed by atoms with Gasteiger partial charge in [0.2, 0.25) is 0 Å². The Balaban J connectivity index is 2.64. The lowest BCUT2D eigenvalue weighted by molar-refractivity contribution is -0.131. The molecule has 1 aromatic rings. The second-order valence-corrected chi connectivity index (χ2v) is 2.84. The highest BCUT2D eigenvalue weighted by Crippen LogP contribution is 2.04. The normalized spacial score (nSPS) is 10.9. The maximum Gasteiger partial charge on any atom is 0.328 e. The quantitative estimate of drug-likeness (QED) is 0.462. The molecule has 0 fully saturated rings. The van der Waals surface area contributed by atoms with Crippen molar-refractivity contribution < 1.29 is 14.7 Å². The topological polar surface area (TPSA) is 54.4 Å². The highest BCUT2D eigenvalue weighted by Gasteiger charge is 1.88. The second-order valence-electron chi connectivity index (χ2n) is 2.84. The summed E-state index contributed by atoms with van der Waals surface area (Å²) in [6.45, 7) is 0. The number of benzene rings is 1. The molecule has 1 aromatic carbocycles. The van der Waals surface area contributed by atoms with Crippen LogP contribution in [0.1, 0.15) is 15.9 Å². The van der Waals surface area contributed by atoms with Crippen LogP contribution in [-0.2, 0) is 4.79 Å². The second kappa shape index (κ2) is 5.54. The van der Waals surface area contributed by atoms with Crippen LogP contribution in [0.3, 0.4) is 0 Å². The van der Waals surface area contributed by atoms with Crippen molar-refractivity contribution in [3.8, 4) is 0 Å². The molecule has 0 aromatic heterocycles. The van der Waals surface area contributed by atoms with Gasteiger partial charge < -0.3 is 5.11 Å². The van der Waals surface area contributed by atoms with Gasteiger partial charge in [0, 0.05) is 11.6 Å². The molecule has 0 spiro atoms. The minimum atomic E-state index is -0.976. The number of hydrogen-bond acceptors (Lipinski definition) is 2. The number of rotatable bonds is 4. The van der Waals surface area contributed by atoms with Crippen molar-refractivity contribution >= 4 is 18.3 Å². The molecule has 15 heavy (non-hydrogen) atoms. The van der Waals surface area contributed by atoms with E-state index < -0.39 is 5.97 Å². The van der Waals surface area contributed by atoms with E-state index in [2.05, 4.69) is 0 Å². The van der Waals surface area contributed by atoms with Gasteiger partial charge in [-0.2, -0.15) is 0 Å². The van der Waals surface area contributed by atoms with Crippen LogP contribution in [0.4, 0.5) is 0 Å². The molecule has 0 bridgehead atoms. The van der Waals surface area contributed by atoms with Crippen molar-refractivity contribution in [2.45, 2.75) is 0 Å². The lowest BCUT2D eigenvalue weighted by Gasteiger charge is -1.92. The fourth-order valence-corrected chi connectivity index (χ4v) is 0.990. The molecule has 0 radical (unpaired) electrons. The first-order chi connectivity index (χ1) is 7.22. The fraction of sp³-hybridized carbons (Fsp3) is 0. The lowest BCUT2D eigenvalue weighted by Crippen LogP contribution is -1.84. The Morgan fingerprint density at radius 3 is 2.20 bits per heavy atom. The molecule has 3 heteroatoms. The Kier molecular flexibility index (Phi) is 4.04. The minimum Gasteiger partial charge on any atom is -0.478 e. The predicted molar refractivity (Wildman–Crippen MR) is 57.6 cm³/mol. The van der Waals surface area contributed by atoms with Gasteiger partial charge in [-0.05, 0) is 5.56 Å². The summed E-state index contributed by atoms with van der Waals surface area (Å²) < 4.78 is 0. The van der Waals surface area contributed by atoms with E-state index in [4.69, 9.17) is 5.11 Å². The molecule has 1 N–H and O–H groups in total. The van der Waals surface area contributed by atoms with Gasteiger partial charge in [-0.3, -0.25) is 4.79 Å². The molecular formula is C12H10O3. The third kappa shape index (κ3) is 4.04. The van der Waals surface area contributed by atoms with E-state index in [-0.39, 0.29) is 0 Å². The van der Waals surface area contributed by atoms with Crippen molar-refractivity contribution in [2.75, 3.05) is 0 Å². The maximum absolute atomic E-state index is 10.4. The summed E-state index contributed by atoms with van der Waals surface area (Å²) >= 11 is 0. The lowest BCUT2D eigenvalue weighted by atomic mass is 10.1. The van der Waals surface area contributed by atoms with Crippen LogP contribution in [0.5, 0.6) is 0 Å². The Bertz CT molecular complexity index is 399. The number of carboxylic acids is 1. The standard InChI is InChI=1S/C12H10O3/c13-9-11-7-5-10(6-8-11)3-1-2-4-12(14)15/h1-9H,(H,14,15). The van der Waals surface area contributed by atoms with Crippen molar-refractivity contribution in [1.29, 1.82) is 0 Å². The van der Waals surface area contributed by atoms with Gasteiger partial charge in [-0.1, -0.05) is 42.5 Å². The van der Waals surface area contributed by atoms with Crippen molar-refractivity contribution in [2.24, 2.45) is 0 Å². The van der Waals surface area contributed by atoms with Gasteiger partial charge in [0.1, 0.15) is 6.29 Å². The number of hydrogen-bond donors (Lipinski definition) is 1. The van der Waals surface area contributed by atoms with Gasteiger partial charge in [0.25, 0.3) is 0 Å². The van der Waals surface area contributed by atoms with Crippen LogP contribution in [0.2, 0.25) is 0 Å². The smallest absolute Gasteiger partial charge is 0.328 e. The summed E-state index contributed by atoms with van der Waals surface area (Å²) in [6.07, 6.45) is 6.65. The Labute approximate surface area is 87.4 Å². The van der Waals surface area contributed by atoms with E-state index >= 15 is 0 Å². The van der Waals surface area contributed by atoms with Crippen LogP contribution in [0.15, 0.2) is 42.5 Å².